The van der Waals surface area contributed by atoms with E-state index in [9.17, 15) is 9.18 Å². The first-order valence-electron chi connectivity index (χ1n) is 9.78. The first kappa shape index (κ1) is 24.2. The fraction of sp³-hybridized carbons (Fsp3) is 0.125. The van der Waals surface area contributed by atoms with Gasteiger partial charge in [0.2, 0.25) is 0 Å². The first-order valence-corrected chi connectivity index (χ1v) is 11.0. The third kappa shape index (κ3) is 6.31. The third-order valence-corrected chi connectivity index (χ3v) is 5.34. The predicted octanol–water partition coefficient (Wildman–Crippen LogP) is 5.85. The van der Waals surface area contributed by atoms with Crippen LogP contribution in [0.3, 0.4) is 0 Å². The summed E-state index contributed by atoms with van der Waals surface area (Å²) in [4.78, 5) is 12.2. The lowest BCUT2D eigenvalue weighted by atomic mass is 10.1. The molecular weight excluding hydrogens is 513 g/mol. The molecule has 0 unspecified atom stereocenters. The molecule has 0 atom stereocenters. The molecule has 0 aliphatic heterocycles. The SMILES string of the molecule is CCOc1cc(/C=N/NC(=O)c2ccc(C#N)cc2F)cc(Br)c1OCc1ccccc1Cl. The maximum absolute atomic E-state index is 14.0. The lowest BCUT2D eigenvalue weighted by Crippen LogP contribution is -2.19. The highest BCUT2D eigenvalue weighted by atomic mass is 79.9. The van der Waals surface area contributed by atoms with Gasteiger partial charge in [0.1, 0.15) is 12.4 Å². The van der Waals surface area contributed by atoms with Gasteiger partial charge in [-0.05, 0) is 64.8 Å². The molecule has 0 spiro atoms. The van der Waals surface area contributed by atoms with Crippen LogP contribution in [0.25, 0.3) is 0 Å². The summed E-state index contributed by atoms with van der Waals surface area (Å²) in [7, 11) is 0. The van der Waals surface area contributed by atoms with Crippen molar-refractivity contribution < 1.29 is 18.7 Å². The molecule has 0 saturated heterocycles. The summed E-state index contributed by atoms with van der Waals surface area (Å²) < 4.78 is 26.2. The number of hydrazone groups is 1. The van der Waals surface area contributed by atoms with Gasteiger partial charge >= 0.3 is 0 Å². The van der Waals surface area contributed by atoms with Gasteiger partial charge in [-0.1, -0.05) is 29.8 Å². The van der Waals surface area contributed by atoms with Gasteiger partial charge in [-0.3, -0.25) is 4.79 Å². The topological polar surface area (TPSA) is 83.7 Å². The van der Waals surface area contributed by atoms with E-state index < -0.39 is 11.7 Å². The number of nitriles is 1. The Hall–Kier alpha value is -3.41. The van der Waals surface area contributed by atoms with Crippen molar-refractivity contribution in [1.29, 1.82) is 5.26 Å². The van der Waals surface area contributed by atoms with Crippen LogP contribution in [0.2, 0.25) is 5.02 Å². The van der Waals surface area contributed by atoms with Crippen LogP contribution >= 0.6 is 27.5 Å². The van der Waals surface area contributed by atoms with Gasteiger partial charge < -0.3 is 9.47 Å². The quantitative estimate of drug-likeness (QED) is 0.292. The van der Waals surface area contributed by atoms with Crippen molar-refractivity contribution in [2.75, 3.05) is 6.61 Å². The van der Waals surface area contributed by atoms with E-state index >= 15 is 0 Å². The molecule has 33 heavy (non-hydrogen) atoms. The molecule has 1 amide bonds. The van der Waals surface area contributed by atoms with Crippen LogP contribution in [-0.4, -0.2) is 18.7 Å². The summed E-state index contributed by atoms with van der Waals surface area (Å²) in [5.41, 5.74) is 3.61. The summed E-state index contributed by atoms with van der Waals surface area (Å²) in [5.74, 6) is -0.567. The van der Waals surface area contributed by atoms with Gasteiger partial charge in [0.05, 0.1) is 34.5 Å². The molecule has 0 heterocycles. The Morgan fingerprint density at radius 1 is 1.24 bits per heavy atom. The van der Waals surface area contributed by atoms with Crippen LogP contribution in [0.4, 0.5) is 4.39 Å². The van der Waals surface area contributed by atoms with Crippen molar-refractivity contribution in [1.82, 2.24) is 5.43 Å². The number of rotatable bonds is 8. The largest absolute Gasteiger partial charge is 0.490 e. The van der Waals surface area contributed by atoms with Gasteiger partial charge in [0.25, 0.3) is 5.91 Å². The lowest BCUT2D eigenvalue weighted by molar-refractivity contribution is 0.0951. The Balaban J connectivity index is 1.74. The Bertz CT molecular complexity index is 1240. The number of hydrogen-bond donors (Lipinski definition) is 1. The Kier molecular flexibility index (Phi) is 8.41. The molecule has 3 aromatic carbocycles. The number of carbonyl (C=O) groups is 1. The zero-order valence-corrected chi connectivity index (χ0v) is 19.8. The number of benzene rings is 3. The summed E-state index contributed by atoms with van der Waals surface area (Å²) in [6.45, 7) is 2.50. The second-order valence-corrected chi connectivity index (χ2v) is 7.91. The average molecular weight is 531 g/mol. The Labute approximate surface area is 203 Å². The second-order valence-electron chi connectivity index (χ2n) is 6.65. The number of nitrogens with one attached hydrogen (secondary N) is 1. The number of ether oxygens (including phenoxy) is 2. The van der Waals surface area contributed by atoms with E-state index in [2.05, 4.69) is 26.5 Å². The molecule has 3 rings (SSSR count). The summed E-state index contributed by atoms with van der Waals surface area (Å²) in [6, 6.07) is 16.2. The minimum atomic E-state index is -0.803. The highest BCUT2D eigenvalue weighted by molar-refractivity contribution is 9.10. The normalized spacial score (nSPS) is 10.6. The summed E-state index contributed by atoms with van der Waals surface area (Å²) in [6.07, 6.45) is 1.39. The fourth-order valence-corrected chi connectivity index (χ4v) is 3.59. The Morgan fingerprint density at radius 2 is 2.03 bits per heavy atom. The molecule has 0 bridgehead atoms. The molecule has 0 aromatic heterocycles. The minimum absolute atomic E-state index is 0.123. The highest BCUT2D eigenvalue weighted by Gasteiger charge is 2.14. The van der Waals surface area contributed by atoms with E-state index in [1.807, 2.05) is 31.2 Å². The zero-order valence-electron chi connectivity index (χ0n) is 17.4. The van der Waals surface area contributed by atoms with Crippen molar-refractivity contribution in [3.8, 4) is 17.6 Å². The molecule has 0 radical (unpaired) electrons. The van der Waals surface area contributed by atoms with Crippen LogP contribution < -0.4 is 14.9 Å². The molecule has 0 aliphatic carbocycles. The number of halogens is 3. The van der Waals surface area contributed by atoms with Gasteiger partial charge in [-0.25, -0.2) is 9.82 Å². The second kappa shape index (κ2) is 11.5. The van der Waals surface area contributed by atoms with Crippen molar-refractivity contribution in [2.45, 2.75) is 13.5 Å². The first-order chi connectivity index (χ1) is 15.9. The van der Waals surface area contributed by atoms with Crippen LogP contribution in [0.1, 0.15) is 34.0 Å². The van der Waals surface area contributed by atoms with E-state index in [0.717, 1.165) is 11.6 Å². The van der Waals surface area contributed by atoms with Crippen LogP contribution in [0, 0.1) is 17.1 Å². The molecule has 168 valence electrons. The molecule has 0 saturated carbocycles. The molecule has 9 heteroatoms. The van der Waals surface area contributed by atoms with E-state index in [4.69, 9.17) is 26.3 Å². The number of amides is 1. The summed E-state index contributed by atoms with van der Waals surface area (Å²) in [5, 5.41) is 13.3. The number of nitrogens with zero attached hydrogens (tertiary/aromatic N) is 2. The fourth-order valence-electron chi connectivity index (χ4n) is 2.83. The monoisotopic (exact) mass is 529 g/mol. The van der Waals surface area contributed by atoms with E-state index in [0.29, 0.717) is 33.2 Å². The lowest BCUT2D eigenvalue weighted by Gasteiger charge is -2.15. The maximum atomic E-state index is 14.0. The smallest absolute Gasteiger partial charge is 0.274 e. The highest BCUT2D eigenvalue weighted by Crippen LogP contribution is 2.37. The van der Waals surface area contributed by atoms with E-state index in [1.54, 1.807) is 18.2 Å². The Morgan fingerprint density at radius 3 is 2.73 bits per heavy atom. The molecule has 0 aliphatic rings. The van der Waals surface area contributed by atoms with Crippen molar-refractivity contribution >= 4 is 39.7 Å². The average Bonchev–Trinajstić information content (AvgIpc) is 2.79. The minimum Gasteiger partial charge on any atom is -0.490 e. The zero-order chi connectivity index (χ0) is 23.8. The van der Waals surface area contributed by atoms with Crippen LogP contribution in [0.5, 0.6) is 11.5 Å². The van der Waals surface area contributed by atoms with Crippen molar-refractivity contribution in [3.63, 3.8) is 0 Å². The molecule has 3 aromatic rings. The van der Waals surface area contributed by atoms with Gasteiger partial charge in [0.15, 0.2) is 11.5 Å². The van der Waals surface area contributed by atoms with Crippen molar-refractivity contribution in [2.24, 2.45) is 5.10 Å². The van der Waals surface area contributed by atoms with Gasteiger partial charge in [-0.15, -0.1) is 0 Å². The standard InChI is InChI=1S/C24H18BrClFN3O3/c1-2-32-22-11-16(9-19(25)23(22)33-14-17-5-3-4-6-20(17)26)13-29-30-24(31)18-8-7-15(12-28)10-21(18)27/h3-11,13H,2,14H2,1H3,(H,30,31)/b29-13+. The molecule has 0 fully saturated rings. The van der Waals surface area contributed by atoms with E-state index in [1.165, 1.54) is 18.3 Å². The number of hydrogen-bond acceptors (Lipinski definition) is 5. The van der Waals surface area contributed by atoms with E-state index in [-0.39, 0.29) is 17.7 Å². The summed E-state index contributed by atoms with van der Waals surface area (Å²) >= 11 is 9.67. The van der Waals surface area contributed by atoms with Crippen LogP contribution in [0.15, 0.2) is 64.2 Å². The van der Waals surface area contributed by atoms with Crippen LogP contribution in [-0.2, 0) is 6.61 Å². The number of carbonyl (C=O) groups excluding carboxylic acids is 1. The third-order valence-electron chi connectivity index (χ3n) is 4.38. The molecular formula is C24H18BrClFN3O3. The predicted molar refractivity (Wildman–Crippen MR) is 127 cm³/mol. The molecule has 6 nitrogen and oxygen atoms in total. The van der Waals surface area contributed by atoms with Gasteiger partial charge in [0, 0.05) is 10.6 Å². The molecule has 1 N–H and O–H groups in total. The maximum Gasteiger partial charge on any atom is 0.274 e. The van der Waals surface area contributed by atoms with Gasteiger partial charge in [-0.2, -0.15) is 10.4 Å². The van der Waals surface area contributed by atoms with Crippen molar-refractivity contribution in [3.05, 3.63) is 92.2 Å².